The van der Waals surface area contributed by atoms with Crippen molar-refractivity contribution in [2.75, 3.05) is 5.33 Å². The Morgan fingerprint density at radius 2 is 1.86 bits per heavy atom. The lowest BCUT2D eigenvalue weighted by Gasteiger charge is -2.19. The maximum Gasteiger partial charge on any atom is 0.0208 e. The zero-order valence-corrected chi connectivity index (χ0v) is 10.4. The Balaban J connectivity index is 2.34. The number of rotatable bonds is 5. The number of halogens is 1. The molecule has 1 N–H and O–H groups in total. The standard InChI is InChI=1S/C12H18BrN/c1-10(8-13)11(2)14-9-12-6-4-3-5-7-12/h3-7,10-11,14H,8-9H2,1-2H3. The summed E-state index contributed by atoms with van der Waals surface area (Å²) in [4.78, 5) is 0. The molecule has 1 rings (SSSR count). The Hall–Kier alpha value is -0.340. The second-order valence-corrected chi connectivity index (χ2v) is 4.43. The van der Waals surface area contributed by atoms with Crippen molar-refractivity contribution in [1.82, 2.24) is 5.32 Å². The zero-order valence-electron chi connectivity index (χ0n) is 8.83. The highest BCUT2D eigenvalue weighted by molar-refractivity contribution is 9.09. The van der Waals surface area contributed by atoms with Crippen LogP contribution in [-0.2, 0) is 6.54 Å². The van der Waals surface area contributed by atoms with Gasteiger partial charge in [0.25, 0.3) is 0 Å². The minimum Gasteiger partial charge on any atom is -0.310 e. The Morgan fingerprint density at radius 1 is 1.21 bits per heavy atom. The summed E-state index contributed by atoms with van der Waals surface area (Å²) >= 11 is 3.50. The van der Waals surface area contributed by atoms with Gasteiger partial charge >= 0.3 is 0 Å². The Kier molecular flexibility index (Phi) is 5.20. The van der Waals surface area contributed by atoms with Crippen LogP contribution in [0.2, 0.25) is 0 Å². The summed E-state index contributed by atoms with van der Waals surface area (Å²) in [5.74, 6) is 0.665. The summed E-state index contributed by atoms with van der Waals surface area (Å²) in [5.41, 5.74) is 1.35. The molecule has 0 aromatic heterocycles. The van der Waals surface area contributed by atoms with Gasteiger partial charge in [-0.3, -0.25) is 0 Å². The molecule has 2 unspecified atom stereocenters. The van der Waals surface area contributed by atoms with Crippen LogP contribution in [0.1, 0.15) is 19.4 Å². The number of benzene rings is 1. The molecule has 1 aromatic carbocycles. The van der Waals surface area contributed by atoms with E-state index in [1.54, 1.807) is 0 Å². The number of hydrogen-bond acceptors (Lipinski definition) is 1. The molecular weight excluding hydrogens is 238 g/mol. The zero-order chi connectivity index (χ0) is 10.4. The maximum absolute atomic E-state index is 3.52. The Morgan fingerprint density at radius 3 is 2.43 bits per heavy atom. The molecule has 0 aliphatic rings. The largest absolute Gasteiger partial charge is 0.310 e. The van der Waals surface area contributed by atoms with Crippen molar-refractivity contribution in [3.05, 3.63) is 35.9 Å². The SMILES string of the molecule is CC(CBr)C(C)NCc1ccccc1. The van der Waals surface area contributed by atoms with Crippen molar-refractivity contribution in [2.24, 2.45) is 5.92 Å². The molecule has 0 radical (unpaired) electrons. The number of alkyl halides is 1. The van der Waals surface area contributed by atoms with Crippen LogP contribution in [0.25, 0.3) is 0 Å². The van der Waals surface area contributed by atoms with Crippen LogP contribution in [-0.4, -0.2) is 11.4 Å². The van der Waals surface area contributed by atoms with E-state index in [1.165, 1.54) is 5.56 Å². The first-order valence-electron chi connectivity index (χ1n) is 5.07. The fraction of sp³-hybridized carbons (Fsp3) is 0.500. The van der Waals surface area contributed by atoms with Gasteiger partial charge < -0.3 is 5.32 Å². The molecule has 0 amide bonds. The van der Waals surface area contributed by atoms with E-state index in [0.29, 0.717) is 12.0 Å². The quantitative estimate of drug-likeness (QED) is 0.798. The average molecular weight is 256 g/mol. The van der Waals surface area contributed by atoms with E-state index in [1.807, 2.05) is 6.07 Å². The third-order valence-corrected chi connectivity index (χ3v) is 3.59. The lowest BCUT2D eigenvalue weighted by molar-refractivity contribution is 0.433. The summed E-state index contributed by atoms with van der Waals surface area (Å²) in [7, 11) is 0. The first-order chi connectivity index (χ1) is 6.74. The molecule has 14 heavy (non-hydrogen) atoms. The summed E-state index contributed by atoms with van der Waals surface area (Å²) < 4.78 is 0. The highest BCUT2D eigenvalue weighted by Crippen LogP contribution is 2.07. The molecule has 2 heteroatoms. The van der Waals surface area contributed by atoms with Gasteiger partial charge in [0.05, 0.1) is 0 Å². The van der Waals surface area contributed by atoms with Crippen molar-refractivity contribution in [2.45, 2.75) is 26.4 Å². The van der Waals surface area contributed by atoms with E-state index in [0.717, 1.165) is 11.9 Å². The van der Waals surface area contributed by atoms with E-state index in [-0.39, 0.29) is 0 Å². The summed E-state index contributed by atoms with van der Waals surface area (Å²) in [6.45, 7) is 5.44. The van der Waals surface area contributed by atoms with Crippen molar-refractivity contribution >= 4 is 15.9 Å². The lowest BCUT2D eigenvalue weighted by atomic mass is 10.1. The highest BCUT2D eigenvalue weighted by Gasteiger charge is 2.09. The Labute approximate surface area is 95.0 Å². The summed E-state index contributed by atoms with van der Waals surface area (Å²) in [6.07, 6.45) is 0. The van der Waals surface area contributed by atoms with Gasteiger partial charge in [-0.25, -0.2) is 0 Å². The molecule has 0 bridgehead atoms. The van der Waals surface area contributed by atoms with Gasteiger partial charge in [0.15, 0.2) is 0 Å². The number of nitrogens with one attached hydrogen (secondary N) is 1. The second kappa shape index (κ2) is 6.20. The molecule has 0 heterocycles. The predicted octanol–water partition coefficient (Wildman–Crippen LogP) is 3.20. The topological polar surface area (TPSA) is 12.0 Å². The molecule has 0 aliphatic heterocycles. The molecule has 0 aliphatic carbocycles. The fourth-order valence-electron chi connectivity index (χ4n) is 1.21. The van der Waals surface area contributed by atoms with E-state index in [2.05, 4.69) is 59.4 Å². The summed E-state index contributed by atoms with van der Waals surface area (Å²) in [6, 6.07) is 11.1. The minimum absolute atomic E-state index is 0.551. The molecule has 0 saturated carbocycles. The van der Waals surface area contributed by atoms with Gasteiger partial charge in [0, 0.05) is 17.9 Å². The smallest absolute Gasteiger partial charge is 0.0208 e. The van der Waals surface area contributed by atoms with Crippen molar-refractivity contribution in [3.8, 4) is 0 Å². The third kappa shape index (κ3) is 3.81. The van der Waals surface area contributed by atoms with Gasteiger partial charge in [-0.2, -0.15) is 0 Å². The average Bonchev–Trinajstić information content (AvgIpc) is 2.26. The number of hydrogen-bond donors (Lipinski definition) is 1. The third-order valence-electron chi connectivity index (χ3n) is 2.57. The molecule has 2 atom stereocenters. The molecule has 78 valence electrons. The van der Waals surface area contributed by atoms with Crippen LogP contribution in [0.15, 0.2) is 30.3 Å². The first-order valence-corrected chi connectivity index (χ1v) is 6.19. The van der Waals surface area contributed by atoms with Crippen molar-refractivity contribution in [3.63, 3.8) is 0 Å². The minimum atomic E-state index is 0.551. The molecule has 0 saturated heterocycles. The maximum atomic E-state index is 3.52. The van der Waals surface area contributed by atoms with Crippen molar-refractivity contribution in [1.29, 1.82) is 0 Å². The van der Waals surface area contributed by atoms with Gasteiger partial charge in [0.1, 0.15) is 0 Å². The molecule has 1 nitrogen and oxygen atoms in total. The molecule has 1 aromatic rings. The molecule has 0 spiro atoms. The molecule has 0 fully saturated rings. The van der Waals surface area contributed by atoms with E-state index in [4.69, 9.17) is 0 Å². The molecular formula is C12H18BrN. The van der Waals surface area contributed by atoms with E-state index in [9.17, 15) is 0 Å². The van der Waals surface area contributed by atoms with Crippen LogP contribution in [0, 0.1) is 5.92 Å². The first kappa shape index (κ1) is 11.7. The lowest BCUT2D eigenvalue weighted by Crippen LogP contribution is -2.32. The normalized spacial score (nSPS) is 15.1. The summed E-state index contributed by atoms with van der Waals surface area (Å²) in [5, 5.41) is 4.57. The van der Waals surface area contributed by atoms with E-state index >= 15 is 0 Å². The van der Waals surface area contributed by atoms with Crippen LogP contribution in [0.3, 0.4) is 0 Å². The van der Waals surface area contributed by atoms with Crippen LogP contribution in [0.5, 0.6) is 0 Å². The van der Waals surface area contributed by atoms with E-state index < -0.39 is 0 Å². The second-order valence-electron chi connectivity index (χ2n) is 3.79. The highest BCUT2D eigenvalue weighted by atomic mass is 79.9. The fourth-order valence-corrected chi connectivity index (χ4v) is 1.77. The van der Waals surface area contributed by atoms with Crippen molar-refractivity contribution < 1.29 is 0 Å². The monoisotopic (exact) mass is 255 g/mol. The van der Waals surface area contributed by atoms with Crippen LogP contribution < -0.4 is 5.32 Å². The Bertz CT molecular complexity index is 248. The van der Waals surface area contributed by atoms with Gasteiger partial charge in [-0.15, -0.1) is 0 Å². The van der Waals surface area contributed by atoms with Gasteiger partial charge in [-0.05, 0) is 18.4 Å². The predicted molar refractivity (Wildman–Crippen MR) is 65.7 cm³/mol. The van der Waals surface area contributed by atoms with Crippen LogP contribution >= 0.6 is 15.9 Å². The van der Waals surface area contributed by atoms with Gasteiger partial charge in [-0.1, -0.05) is 53.2 Å². The van der Waals surface area contributed by atoms with Crippen LogP contribution in [0.4, 0.5) is 0 Å². The van der Waals surface area contributed by atoms with Gasteiger partial charge in [0.2, 0.25) is 0 Å².